The molecule has 0 aliphatic carbocycles. The van der Waals surface area contributed by atoms with Crippen LogP contribution in [0.5, 0.6) is 0 Å². The predicted molar refractivity (Wildman–Crippen MR) is 136 cm³/mol. The molecule has 3 N–H and O–H groups in total. The highest BCUT2D eigenvalue weighted by Gasteiger charge is 2.38. The van der Waals surface area contributed by atoms with Crippen LogP contribution in [0.1, 0.15) is 15.9 Å². The predicted octanol–water partition coefficient (Wildman–Crippen LogP) is 3.91. The first-order valence-corrected chi connectivity index (χ1v) is 12.3. The summed E-state index contributed by atoms with van der Waals surface area (Å²) in [6, 6.07) is 15.0. The minimum atomic E-state index is -5.08. The van der Waals surface area contributed by atoms with Crippen LogP contribution in [0.4, 0.5) is 28.0 Å². The number of urea groups is 1. The molecule has 1 fully saturated rings. The number of alkyl halides is 3. The molecule has 0 radical (unpaired) electrons. The first kappa shape index (κ1) is 28.6. The number of fused-ring (bicyclic) bond motifs is 1. The number of halogens is 4. The summed E-state index contributed by atoms with van der Waals surface area (Å²) in [6.07, 6.45) is -2.80. The van der Waals surface area contributed by atoms with Gasteiger partial charge in [0.25, 0.3) is 5.91 Å². The SMILES string of the molecule is O=C(NC[C@@H]1CNCCN1C(=O)c1ccccc1-c1ccco1)N1CCc2ccc(F)cc21.O=C(O)C(F)(F)F. The van der Waals surface area contributed by atoms with Gasteiger partial charge in [-0.1, -0.05) is 24.3 Å². The molecule has 1 saturated heterocycles. The van der Waals surface area contributed by atoms with Gasteiger partial charge in [-0.3, -0.25) is 9.69 Å². The standard InChI is InChI=1S/C25H25FN4O3.C2HF3O2/c26-18-8-7-17-9-11-30(22(17)14-18)25(32)28-16-19-15-27-10-12-29(19)24(31)21-5-2-1-4-20(21)23-6-3-13-33-23;3-2(4,5)1(6)7/h1-8,13-14,19,27H,9-12,15-16H2,(H,28,32);(H,6,7)/t19-;/m0./s1. The average Bonchev–Trinajstić information content (AvgIpc) is 3.62. The van der Waals surface area contributed by atoms with Crippen LogP contribution in [-0.2, 0) is 11.2 Å². The van der Waals surface area contributed by atoms with E-state index in [2.05, 4.69) is 10.6 Å². The molecule has 9 nitrogen and oxygen atoms in total. The number of carbonyl (C=O) groups is 3. The van der Waals surface area contributed by atoms with Gasteiger partial charge in [0.15, 0.2) is 0 Å². The van der Waals surface area contributed by atoms with E-state index in [1.807, 2.05) is 24.3 Å². The van der Waals surface area contributed by atoms with Crippen LogP contribution in [0, 0.1) is 5.82 Å². The summed E-state index contributed by atoms with van der Waals surface area (Å²) in [5, 5.41) is 13.4. The zero-order valence-electron chi connectivity index (χ0n) is 21.1. The molecule has 0 spiro atoms. The molecule has 0 bridgehead atoms. The Bertz CT molecular complexity index is 1360. The molecule has 2 aromatic carbocycles. The lowest BCUT2D eigenvalue weighted by molar-refractivity contribution is -0.192. The van der Waals surface area contributed by atoms with Gasteiger partial charge < -0.3 is 25.1 Å². The number of nitrogens with zero attached hydrogens (tertiary/aromatic N) is 2. The summed E-state index contributed by atoms with van der Waals surface area (Å²) < 4.78 is 51.0. The van der Waals surface area contributed by atoms with Crippen LogP contribution in [0.3, 0.4) is 0 Å². The molecule has 212 valence electrons. The lowest BCUT2D eigenvalue weighted by Crippen LogP contribution is -2.58. The van der Waals surface area contributed by atoms with Gasteiger partial charge in [-0.2, -0.15) is 13.2 Å². The fourth-order valence-electron chi connectivity index (χ4n) is 4.55. The van der Waals surface area contributed by atoms with Gasteiger partial charge in [-0.25, -0.2) is 14.0 Å². The van der Waals surface area contributed by atoms with Crippen molar-refractivity contribution in [1.82, 2.24) is 15.5 Å². The largest absolute Gasteiger partial charge is 0.490 e. The van der Waals surface area contributed by atoms with Crippen molar-refractivity contribution in [3.63, 3.8) is 0 Å². The van der Waals surface area contributed by atoms with Crippen molar-refractivity contribution in [3.05, 3.63) is 77.8 Å². The lowest BCUT2D eigenvalue weighted by Gasteiger charge is -2.37. The Kier molecular flexibility index (Phi) is 8.73. The number of rotatable bonds is 4. The van der Waals surface area contributed by atoms with Crippen LogP contribution in [0.2, 0.25) is 0 Å². The molecule has 3 amide bonds. The van der Waals surface area contributed by atoms with E-state index in [0.717, 1.165) is 11.1 Å². The highest BCUT2D eigenvalue weighted by atomic mass is 19.4. The number of aliphatic carboxylic acids is 1. The number of carboxylic acid groups (broad SMARTS) is 1. The van der Waals surface area contributed by atoms with Gasteiger partial charge in [-0.05, 0) is 42.3 Å². The van der Waals surface area contributed by atoms with Crippen LogP contribution >= 0.6 is 0 Å². The van der Waals surface area contributed by atoms with Gasteiger partial charge in [-0.15, -0.1) is 0 Å². The van der Waals surface area contributed by atoms with Crippen molar-refractivity contribution in [3.8, 4) is 11.3 Å². The van der Waals surface area contributed by atoms with E-state index in [9.17, 15) is 27.2 Å². The van der Waals surface area contributed by atoms with E-state index in [0.29, 0.717) is 56.2 Å². The number of hydrogen-bond acceptors (Lipinski definition) is 5. The molecule has 0 saturated carbocycles. The van der Waals surface area contributed by atoms with Crippen molar-refractivity contribution in [2.45, 2.75) is 18.6 Å². The number of carbonyl (C=O) groups excluding carboxylic acids is 2. The molecule has 3 heterocycles. The maximum atomic E-state index is 13.7. The molecular weight excluding hydrogens is 536 g/mol. The van der Waals surface area contributed by atoms with Gasteiger partial charge in [0.05, 0.1) is 23.6 Å². The molecular formula is C27H26F4N4O5. The molecule has 1 atom stereocenters. The summed E-state index contributed by atoms with van der Waals surface area (Å²) in [5.41, 5.74) is 2.87. The van der Waals surface area contributed by atoms with E-state index in [4.69, 9.17) is 14.3 Å². The number of carboxylic acids is 1. The van der Waals surface area contributed by atoms with E-state index in [1.165, 1.54) is 12.1 Å². The zero-order valence-corrected chi connectivity index (χ0v) is 21.1. The van der Waals surface area contributed by atoms with Gasteiger partial charge in [0.1, 0.15) is 11.6 Å². The summed E-state index contributed by atoms with van der Waals surface area (Å²) in [5.74, 6) is -2.58. The molecule has 3 aromatic rings. The Morgan fingerprint density at radius 2 is 1.82 bits per heavy atom. The van der Waals surface area contributed by atoms with E-state index >= 15 is 0 Å². The molecule has 2 aliphatic rings. The Morgan fingerprint density at radius 1 is 1.07 bits per heavy atom. The Balaban J connectivity index is 0.000000470. The Morgan fingerprint density at radius 3 is 2.52 bits per heavy atom. The molecule has 13 heteroatoms. The van der Waals surface area contributed by atoms with Gasteiger partial charge >= 0.3 is 18.2 Å². The van der Waals surface area contributed by atoms with E-state index in [1.54, 1.807) is 34.3 Å². The monoisotopic (exact) mass is 562 g/mol. The normalized spacial score (nSPS) is 16.6. The lowest BCUT2D eigenvalue weighted by atomic mass is 10.0. The minimum absolute atomic E-state index is 0.101. The molecule has 2 aliphatic heterocycles. The minimum Gasteiger partial charge on any atom is -0.475 e. The zero-order chi connectivity index (χ0) is 28.9. The third-order valence-corrected chi connectivity index (χ3v) is 6.47. The number of furan rings is 1. The quantitative estimate of drug-likeness (QED) is 0.416. The number of benzene rings is 2. The van der Waals surface area contributed by atoms with E-state index < -0.39 is 12.1 Å². The van der Waals surface area contributed by atoms with Crippen molar-refractivity contribution in [1.29, 1.82) is 0 Å². The average molecular weight is 563 g/mol. The first-order chi connectivity index (χ1) is 19.1. The third-order valence-electron chi connectivity index (χ3n) is 6.47. The number of anilines is 1. The van der Waals surface area contributed by atoms with E-state index in [-0.39, 0.29) is 23.8 Å². The van der Waals surface area contributed by atoms with Crippen LogP contribution < -0.4 is 15.5 Å². The first-order valence-electron chi connectivity index (χ1n) is 12.3. The van der Waals surface area contributed by atoms with Crippen molar-refractivity contribution in [2.24, 2.45) is 0 Å². The smallest absolute Gasteiger partial charge is 0.475 e. The van der Waals surface area contributed by atoms with Gasteiger partial charge in [0, 0.05) is 38.3 Å². The summed E-state index contributed by atoms with van der Waals surface area (Å²) in [6.45, 7) is 2.58. The molecule has 5 rings (SSSR count). The summed E-state index contributed by atoms with van der Waals surface area (Å²) in [4.78, 5) is 38.7. The van der Waals surface area contributed by atoms with Crippen LogP contribution in [0.15, 0.2) is 65.3 Å². The topological polar surface area (TPSA) is 115 Å². The highest BCUT2D eigenvalue weighted by Crippen LogP contribution is 2.29. The fourth-order valence-corrected chi connectivity index (χ4v) is 4.55. The van der Waals surface area contributed by atoms with Crippen molar-refractivity contribution < 1.29 is 41.5 Å². The Labute approximate surface area is 226 Å². The number of nitrogens with one attached hydrogen (secondary N) is 2. The summed E-state index contributed by atoms with van der Waals surface area (Å²) in [7, 11) is 0. The maximum absolute atomic E-state index is 13.7. The second-order valence-electron chi connectivity index (χ2n) is 9.04. The number of amides is 3. The number of piperazine rings is 1. The van der Waals surface area contributed by atoms with Crippen molar-refractivity contribution in [2.75, 3.05) is 37.6 Å². The molecule has 40 heavy (non-hydrogen) atoms. The maximum Gasteiger partial charge on any atom is 0.490 e. The second-order valence-corrected chi connectivity index (χ2v) is 9.04. The van der Waals surface area contributed by atoms with Gasteiger partial charge in [0.2, 0.25) is 0 Å². The number of hydrogen-bond donors (Lipinski definition) is 3. The van der Waals surface area contributed by atoms with Crippen molar-refractivity contribution >= 4 is 23.6 Å². The Hall–Kier alpha value is -4.39. The van der Waals surface area contributed by atoms with Crippen LogP contribution in [-0.4, -0.2) is 72.9 Å². The fraction of sp³-hybridized carbons (Fsp3) is 0.296. The molecule has 1 aromatic heterocycles. The summed E-state index contributed by atoms with van der Waals surface area (Å²) >= 11 is 0. The highest BCUT2D eigenvalue weighted by molar-refractivity contribution is 6.00. The third kappa shape index (κ3) is 6.60. The second kappa shape index (κ2) is 12.2. The van der Waals surface area contributed by atoms with Crippen LogP contribution in [0.25, 0.3) is 11.3 Å². The molecule has 0 unspecified atom stereocenters.